The van der Waals surface area contributed by atoms with Crippen LogP contribution >= 0.6 is 0 Å². The number of terminal acetylenes is 1. The monoisotopic (exact) mass is 202 g/mol. The number of hydrogen-bond donors (Lipinski definition) is 1. The van der Waals surface area contributed by atoms with E-state index in [-0.39, 0.29) is 17.4 Å². The van der Waals surface area contributed by atoms with Crippen LogP contribution in [0.4, 0.5) is 0 Å². The van der Waals surface area contributed by atoms with Crippen molar-refractivity contribution in [1.29, 1.82) is 0 Å². The van der Waals surface area contributed by atoms with E-state index in [1.54, 1.807) is 0 Å². The second kappa shape index (κ2) is 4.12. The van der Waals surface area contributed by atoms with E-state index in [0.717, 1.165) is 0 Å². The third kappa shape index (κ3) is 3.37. The van der Waals surface area contributed by atoms with E-state index in [1.807, 2.05) is 0 Å². The van der Waals surface area contributed by atoms with Crippen LogP contribution in [0.3, 0.4) is 0 Å². The fraction of sp³-hybridized carbons (Fsp3) is 0.778. The standard InChI is InChI=1S/C9H14O3S/c1-2-3-9(10)6-8-4-5-13(11,12)7-8/h1,8-10H,3-7H2. The number of aliphatic hydroxyl groups excluding tert-OH is 1. The van der Waals surface area contributed by atoms with Crippen LogP contribution in [0.5, 0.6) is 0 Å². The van der Waals surface area contributed by atoms with Gasteiger partial charge in [0.25, 0.3) is 0 Å². The molecule has 0 bridgehead atoms. The zero-order chi connectivity index (χ0) is 9.90. The molecule has 1 aliphatic heterocycles. The zero-order valence-corrected chi connectivity index (χ0v) is 8.26. The minimum atomic E-state index is -2.82. The van der Waals surface area contributed by atoms with Crippen molar-refractivity contribution in [2.24, 2.45) is 5.92 Å². The summed E-state index contributed by atoms with van der Waals surface area (Å²) in [6.45, 7) is 0. The number of sulfone groups is 1. The molecule has 74 valence electrons. The molecule has 1 heterocycles. The summed E-state index contributed by atoms with van der Waals surface area (Å²) in [4.78, 5) is 0. The Labute approximate surface area is 79.1 Å². The minimum absolute atomic E-state index is 0.105. The Kier molecular flexibility index (Phi) is 3.34. The number of rotatable bonds is 3. The van der Waals surface area contributed by atoms with E-state index >= 15 is 0 Å². The van der Waals surface area contributed by atoms with Crippen molar-refractivity contribution < 1.29 is 13.5 Å². The largest absolute Gasteiger partial charge is 0.392 e. The van der Waals surface area contributed by atoms with Crippen molar-refractivity contribution in [1.82, 2.24) is 0 Å². The van der Waals surface area contributed by atoms with Crippen molar-refractivity contribution in [3.63, 3.8) is 0 Å². The van der Waals surface area contributed by atoms with E-state index in [1.165, 1.54) is 0 Å². The fourth-order valence-corrected chi connectivity index (χ4v) is 3.54. The summed E-state index contributed by atoms with van der Waals surface area (Å²) in [5, 5.41) is 9.34. The lowest BCUT2D eigenvalue weighted by Gasteiger charge is -2.11. The van der Waals surface area contributed by atoms with Gasteiger partial charge in [0.05, 0.1) is 17.6 Å². The van der Waals surface area contributed by atoms with Crippen molar-refractivity contribution in [3.8, 4) is 12.3 Å². The lowest BCUT2D eigenvalue weighted by Crippen LogP contribution is -2.14. The topological polar surface area (TPSA) is 54.4 Å². The van der Waals surface area contributed by atoms with Crippen molar-refractivity contribution in [3.05, 3.63) is 0 Å². The molecule has 0 saturated carbocycles. The maximum Gasteiger partial charge on any atom is 0.150 e. The van der Waals surface area contributed by atoms with Gasteiger partial charge in [0.2, 0.25) is 0 Å². The molecule has 0 aromatic rings. The third-order valence-electron chi connectivity index (χ3n) is 2.29. The van der Waals surface area contributed by atoms with Gasteiger partial charge in [-0.3, -0.25) is 0 Å². The van der Waals surface area contributed by atoms with Crippen LogP contribution in [0.15, 0.2) is 0 Å². The van der Waals surface area contributed by atoms with Gasteiger partial charge in [0.1, 0.15) is 0 Å². The molecule has 0 aliphatic carbocycles. The molecule has 1 N–H and O–H groups in total. The van der Waals surface area contributed by atoms with Crippen LogP contribution in [0.2, 0.25) is 0 Å². The van der Waals surface area contributed by atoms with Gasteiger partial charge < -0.3 is 5.11 Å². The Bertz CT molecular complexity index is 299. The number of hydrogen-bond acceptors (Lipinski definition) is 3. The summed E-state index contributed by atoms with van der Waals surface area (Å²) in [7, 11) is -2.82. The SMILES string of the molecule is C#CCC(O)CC1CCS(=O)(=O)C1. The van der Waals surface area contributed by atoms with Crippen LogP contribution in [-0.4, -0.2) is 31.1 Å². The molecular weight excluding hydrogens is 188 g/mol. The van der Waals surface area contributed by atoms with Gasteiger partial charge in [-0.1, -0.05) is 0 Å². The van der Waals surface area contributed by atoms with E-state index in [2.05, 4.69) is 5.92 Å². The Morgan fingerprint density at radius 1 is 1.62 bits per heavy atom. The van der Waals surface area contributed by atoms with Crippen LogP contribution in [-0.2, 0) is 9.84 Å². The fourth-order valence-electron chi connectivity index (χ4n) is 1.66. The van der Waals surface area contributed by atoms with E-state index in [4.69, 9.17) is 6.42 Å². The highest BCUT2D eigenvalue weighted by atomic mass is 32.2. The molecule has 2 atom stereocenters. The highest BCUT2D eigenvalue weighted by Gasteiger charge is 2.28. The van der Waals surface area contributed by atoms with Crippen molar-refractivity contribution >= 4 is 9.84 Å². The second-order valence-corrected chi connectivity index (χ2v) is 5.80. The second-order valence-electron chi connectivity index (χ2n) is 3.57. The normalized spacial score (nSPS) is 28.2. The lowest BCUT2D eigenvalue weighted by molar-refractivity contribution is 0.152. The van der Waals surface area contributed by atoms with Crippen LogP contribution in [0, 0.1) is 18.3 Å². The van der Waals surface area contributed by atoms with Gasteiger partial charge in [-0.15, -0.1) is 12.3 Å². The molecule has 1 rings (SSSR count). The van der Waals surface area contributed by atoms with Crippen molar-refractivity contribution in [2.45, 2.75) is 25.4 Å². The number of aliphatic hydroxyl groups is 1. The molecule has 0 aromatic heterocycles. The van der Waals surface area contributed by atoms with Crippen LogP contribution in [0.25, 0.3) is 0 Å². The van der Waals surface area contributed by atoms with Gasteiger partial charge in [-0.2, -0.15) is 0 Å². The Morgan fingerprint density at radius 2 is 2.31 bits per heavy atom. The summed E-state index contributed by atoms with van der Waals surface area (Å²) >= 11 is 0. The maximum absolute atomic E-state index is 11.1. The summed E-state index contributed by atoms with van der Waals surface area (Å²) in [6.07, 6.45) is 5.99. The quantitative estimate of drug-likeness (QED) is 0.665. The van der Waals surface area contributed by atoms with Crippen LogP contribution < -0.4 is 0 Å². The highest BCUT2D eigenvalue weighted by Crippen LogP contribution is 2.23. The van der Waals surface area contributed by atoms with E-state index in [9.17, 15) is 13.5 Å². The van der Waals surface area contributed by atoms with Gasteiger partial charge in [0.15, 0.2) is 9.84 Å². The minimum Gasteiger partial charge on any atom is -0.392 e. The molecule has 0 amide bonds. The Hall–Kier alpha value is -0.530. The Morgan fingerprint density at radius 3 is 2.77 bits per heavy atom. The summed E-state index contributed by atoms with van der Waals surface area (Å²) in [6, 6.07) is 0. The maximum atomic E-state index is 11.1. The van der Waals surface area contributed by atoms with Gasteiger partial charge >= 0.3 is 0 Å². The third-order valence-corrected chi connectivity index (χ3v) is 4.12. The predicted molar refractivity (Wildman–Crippen MR) is 50.8 cm³/mol. The average Bonchev–Trinajstić information content (AvgIpc) is 2.30. The molecule has 1 fully saturated rings. The summed E-state index contributed by atoms with van der Waals surface area (Å²) < 4.78 is 22.1. The molecule has 0 spiro atoms. The zero-order valence-electron chi connectivity index (χ0n) is 7.44. The molecule has 1 aliphatic rings. The first-order valence-electron chi connectivity index (χ1n) is 4.35. The molecule has 13 heavy (non-hydrogen) atoms. The summed E-state index contributed by atoms with van der Waals surface area (Å²) in [5.41, 5.74) is 0. The van der Waals surface area contributed by atoms with E-state index < -0.39 is 15.9 Å². The van der Waals surface area contributed by atoms with Gasteiger partial charge in [-0.25, -0.2) is 8.42 Å². The lowest BCUT2D eigenvalue weighted by atomic mass is 10.00. The van der Waals surface area contributed by atoms with E-state index in [0.29, 0.717) is 19.3 Å². The van der Waals surface area contributed by atoms with Gasteiger partial charge in [0, 0.05) is 6.42 Å². The average molecular weight is 202 g/mol. The first kappa shape index (κ1) is 10.6. The first-order chi connectivity index (χ1) is 6.03. The first-order valence-corrected chi connectivity index (χ1v) is 6.17. The Balaban J connectivity index is 2.37. The molecule has 3 nitrogen and oxygen atoms in total. The highest BCUT2D eigenvalue weighted by molar-refractivity contribution is 7.91. The van der Waals surface area contributed by atoms with Gasteiger partial charge in [-0.05, 0) is 18.8 Å². The predicted octanol–water partition coefficient (Wildman–Crippen LogP) is 0.195. The van der Waals surface area contributed by atoms with Crippen molar-refractivity contribution in [2.75, 3.05) is 11.5 Å². The molecule has 4 heteroatoms. The molecule has 0 radical (unpaired) electrons. The molecular formula is C9H14O3S. The smallest absolute Gasteiger partial charge is 0.150 e. The molecule has 2 unspecified atom stereocenters. The van der Waals surface area contributed by atoms with Crippen LogP contribution in [0.1, 0.15) is 19.3 Å². The summed E-state index contributed by atoms with van der Waals surface area (Å²) in [5.74, 6) is 2.95. The molecule has 0 aromatic carbocycles. The molecule has 1 saturated heterocycles.